The van der Waals surface area contributed by atoms with E-state index in [9.17, 15) is 9.59 Å². The summed E-state index contributed by atoms with van der Waals surface area (Å²) in [4.78, 5) is 30.5. The summed E-state index contributed by atoms with van der Waals surface area (Å²) in [5.74, 6) is 1.01. The summed E-state index contributed by atoms with van der Waals surface area (Å²) < 4.78 is 5.83. The number of aryl methyl sites for hydroxylation is 1. The molecule has 0 radical (unpaired) electrons. The fourth-order valence-electron chi connectivity index (χ4n) is 2.43. The molecule has 10 heteroatoms. The highest BCUT2D eigenvalue weighted by Gasteiger charge is 2.12. The zero-order chi connectivity index (χ0) is 22.8. The van der Waals surface area contributed by atoms with Gasteiger partial charge in [0.2, 0.25) is 0 Å². The summed E-state index contributed by atoms with van der Waals surface area (Å²) in [7, 11) is 3.88. The van der Waals surface area contributed by atoms with Gasteiger partial charge in [-0.1, -0.05) is 19.9 Å². The number of carbonyl (C=O) groups is 2. The number of likely N-dealkylation sites (N-methyl/N-ethyl adjacent to an activating group) is 1. The Morgan fingerprint density at radius 1 is 1.16 bits per heavy atom. The molecule has 2 rings (SSSR count). The Balaban J connectivity index is 1.84. The molecular weight excluding hydrogens is 416 g/mol. The van der Waals surface area contributed by atoms with Crippen molar-refractivity contribution in [2.24, 2.45) is 5.92 Å². The van der Waals surface area contributed by atoms with Crippen LogP contribution in [-0.4, -0.2) is 55.7 Å². The maximum Gasteiger partial charge on any atom is 0.325 e. The number of ether oxygens (including phenoxy) is 1. The fourth-order valence-corrected chi connectivity index (χ4v) is 3.14. The molecule has 1 aromatic heterocycles. The molecule has 1 heterocycles. The van der Waals surface area contributed by atoms with Crippen LogP contribution in [0.25, 0.3) is 0 Å². The molecule has 0 atom stereocenters. The average molecular weight is 449 g/mol. The van der Waals surface area contributed by atoms with Gasteiger partial charge in [0, 0.05) is 18.5 Å². The molecule has 0 saturated carbocycles. The first-order valence-corrected chi connectivity index (χ1v) is 11.0. The molecule has 0 spiro atoms. The minimum absolute atomic E-state index is 0.254. The normalized spacial score (nSPS) is 10.8. The molecule has 0 saturated heterocycles. The smallest absolute Gasteiger partial charge is 0.325 e. The van der Waals surface area contributed by atoms with Gasteiger partial charge in [0.25, 0.3) is 0 Å². The second-order valence-electron chi connectivity index (χ2n) is 7.84. The van der Waals surface area contributed by atoms with Crippen LogP contribution < -0.4 is 26.0 Å². The van der Waals surface area contributed by atoms with E-state index >= 15 is 0 Å². The third-order valence-electron chi connectivity index (χ3n) is 4.00. The first-order chi connectivity index (χ1) is 14.7. The first-order valence-electron chi connectivity index (χ1n) is 10.1. The molecule has 2 aromatic rings. The van der Waals surface area contributed by atoms with E-state index in [2.05, 4.69) is 40.1 Å². The number of urea groups is 2. The SMILES string of the molecule is Cc1ccc(NC(=O)Nc2nc(CNC(=O)NCCN(C)C)cs2)c(OCC(C)C)c1. The molecule has 0 aliphatic rings. The molecule has 4 amide bonds. The molecule has 9 nitrogen and oxygen atoms in total. The lowest BCUT2D eigenvalue weighted by Crippen LogP contribution is -2.38. The molecule has 0 aliphatic heterocycles. The number of nitrogens with one attached hydrogen (secondary N) is 4. The number of hydrogen-bond donors (Lipinski definition) is 4. The Hall–Kier alpha value is -2.85. The monoisotopic (exact) mass is 448 g/mol. The van der Waals surface area contributed by atoms with Crippen LogP contribution in [0.4, 0.5) is 20.4 Å². The minimum Gasteiger partial charge on any atom is -0.491 e. The zero-order valence-electron chi connectivity index (χ0n) is 18.7. The van der Waals surface area contributed by atoms with Crippen molar-refractivity contribution < 1.29 is 14.3 Å². The highest BCUT2D eigenvalue weighted by atomic mass is 32.1. The van der Waals surface area contributed by atoms with Crippen LogP contribution in [-0.2, 0) is 6.54 Å². The van der Waals surface area contributed by atoms with Gasteiger partial charge < -0.3 is 25.6 Å². The van der Waals surface area contributed by atoms with Crippen LogP contribution in [0.5, 0.6) is 5.75 Å². The third kappa shape index (κ3) is 9.22. The summed E-state index contributed by atoms with van der Waals surface area (Å²) in [5, 5.41) is 13.3. The van der Waals surface area contributed by atoms with Crippen LogP contribution in [0.2, 0.25) is 0 Å². The van der Waals surface area contributed by atoms with Crippen molar-refractivity contribution in [2.75, 3.05) is 44.4 Å². The van der Waals surface area contributed by atoms with Crippen molar-refractivity contribution in [3.8, 4) is 5.75 Å². The predicted octanol–water partition coefficient (Wildman–Crippen LogP) is 3.49. The van der Waals surface area contributed by atoms with Crippen molar-refractivity contribution in [1.29, 1.82) is 0 Å². The van der Waals surface area contributed by atoms with Crippen LogP contribution in [0.15, 0.2) is 23.6 Å². The van der Waals surface area contributed by atoms with Crippen LogP contribution >= 0.6 is 11.3 Å². The highest BCUT2D eigenvalue weighted by molar-refractivity contribution is 7.13. The van der Waals surface area contributed by atoms with Gasteiger partial charge in [-0.3, -0.25) is 5.32 Å². The van der Waals surface area contributed by atoms with E-state index in [0.717, 1.165) is 12.1 Å². The highest BCUT2D eigenvalue weighted by Crippen LogP contribution is 2.26. The van der Waals surface area contributed by atoms with Crippen LogP contribution in [0, 0.1) is 12.8 Å². The summed E-state index contributed by atoms with van der Waals surface area (Å²) in [6.45, 7) is 8.27. The number of nitrogens with zero attached hydrogens (tertiary/aromatic N) is 2. The van der Waals surface area contributed by atoms with E-state index in [1.165, 1.54) is 11.3 Å². The molecule has 4 N–H and O–H groups in total. The van der Waals surface area contributed by atoms with Crippen molar-refractivity contribution in [3.63, 3.8) is 0 Å². The van der Waals surface area contributed by atoms with Gasteiger partial charge in [0.1, 0.15) is 5.75 Å². The number of aromatic nitrogens is 1. The number of amides is 4. The van der Waals surface area contributed by atoms with Crippen molar-refractivity contribution >= 4 is 34.2 Å². The molecule has 170 valence electrons. The maximum absolute atomic E-state index is 12.4. The molecule has 0 aliphatic carbocycles. The Morgan fingerprint density at radius 2 is 1.94 bits per heavy atom. The Labute approximate surface area is 187 Å². The Bertz CT molecular complexity index is 869. The van der Waals surface area contributed by atoms with Crippen molar-refractivity contribution in [3.05, 3.63) is 34.8 Å². The zero-order valence-corrected chi connectivity index (χ0v) is 19.6. The van der Waals surface area contributed by atoms with Gasteiger partial charge in [0.05, 0.1) is 24.5 Å². The van der Waals surface area contributed by atoms with Gasteiger partial charge in [-0.15, -0.1) is 11.3 Å². The van der Waals surface area contributed by atoms with E-state index in [4.69, 9.17) is 4.74 Å². The lowest BCUT2D eigenvalue weighted by atomic mass is 10.2. The predicted molar refractivity (Wildman–Crippen MR) is 125 cm³/mol. The van der Waals surface area contributed by atoms with Gasteiger partial charge in [-0.2, -0.15) is 0 Å². The lowest BCUT2D eigenvalue weighted by Gasteiger charge is -2.14. The Morgan fingerprint density at radius 3 is 2.65 bits per heavy atom. The third-order valence-corrected chi connectivity index (χ3v) is 4.81. The number of thiazole rings is 1. The molecule has 0 unspecified atom stereocenters. The van der Waals surface area contributed by atoms with E-state index in [0.29, 0.717) is 41.3 Å². The number of rotatable bonds is 10. The molecule has 31 heavy (non-hydrogen) atoms. The van der Waals surface area contributed by atoms with Gasteiger partial charge in [0.15, 0.2) is 5.13 Å². The molecule has 0 bridgehead atoms. The van der Waals surface area contributed by atoms with Gasteiger partial charge in [-0.05, 0) is 44.6 Å². The number of benzene rings is 1. The van der Waals surface area contributed by atoms with Crippen LogP contribution in [0.1, 0.15) is 25.1 Å². The van der Waals surface area contributed by atoms with Crippen molar-refractivity contribution in [1.82, 2.24) is 20.5 Å². The summed E-state index contributed by atoms with van der Waals surface area (Å²) >= 11 is 1.29. The largest absolute Gasteiger partial charge is 0.491 e. The van der Waals surface area contributed by atoms with E-state index in [1.807, 2.05) is 44.1 Å². The Kier molecular flexibility index (Phi) is 9.54. The van der Waals surface area contributed by atoms with Crippen molar-refractivity contribution in [2.45, 2.75) is 27.3 Å². The number of anilines is 2. The average Bonchev–Trinajstić information content (AvgIpc) is 3.13. The molecular formula is C21H32N6O3S. The van der Waals surface area contributed by atoms with Gasteiger partial charge >= 0.3 is 12.1 Å². The standard InChI is InChI=1S/C21H32N6O3S/c1-14(2)12-30-18-10-15(3)6-7-17(18)25-20(29)26-21-24-16(13-31-21)11-23-19(28)22-8-9-27(4)5/h6-7,10,13-14H,8-9,11-12H2,1-5H3,(H2,22,23,28)(H2,24,25,26,29). The summed E-state index contributed by atoms with van der Waals surface area (Å²) in [5.41, 5.74) is 2.31. The maximum atomic E-state index is 12.4. The summed E-state index contributed by atoms with van der Waals surface area (Å²) in [6, 6.07) is 4.96. The van der Waals surface area contributed by atoms with Crippen LogP contribution in [0.3, 0.4) is 0 Å². The fraction of sp³-hybridized carbons (Fsp3) is 0.476. The van der Waals surface area contributed by atoms with E-state index in [1.54, 1.807) is 5.38 Å². The first kappa shape index (κ1) is 24.4. The van der Waals surface area contributed by atoms with Gasteiger partial charge in [-0.25, -0.2) is 14.6 Å². The van der Waals surface area contributed by atoms with E-state index < -0.39 is 6.03 Å². The van der Waals surface area contributed by atoms with E-state index in [-0.39, 0.29) is 12.6 Å². The minimum atomic E-state index is -0.409. The number of carbonyl (C=O) groups excluding carboxylic acids is 2. The molecule has 1 aromatic carbocycles. The summed E-state index contributed by atoms with van der Waals surface area (Å²) in [6.07, 6.45) is 0. The second kappa shape index (κ2) is 12.1. The number of hydrogen-bond acceptors (Lipinski definition) is 6. The molecule has 0 fully saturated rings. The quantitative estimate of drug-likeness (QED) is 0.445. The topological polar surface area (TPSA) is 108 Å². The lowest BCUT2D eigenvalue weighted by molar-refractivity contribution is 0.239. The second-order valence-corrected chi connectivity index (χ2v) is 8.70.